The van der Waals surface area contributed by atoms with Gasteiger partial charge in [0.25, 0.3) is 0 Å². The molecule has 0 spiro atoms. The molecule has 21 heavy (non-hydrogen) atoms. The topological polar surface area (TPSA) is 57.0 Å². The van der Waals surface area contributed by atoms with E-state index in [4.69, 9.17) is 19.9 Å². The highest BCUT2D eigenvalue weighted by molar-refractivity contribution is 5.31. The van der Waals surface area contributed by atoms with Crippen LogP contribution in [0, 0.1) is 0 Å². The molecule has 1 atom stereocenters. The van der Waals surface area contributed by atoms with Gasteiger partial charge < -0.3 is 19.9 Å². The maximum Gasteiger partial charge on any atom is 0.119 e. The zero-order chi connectivity index (χ0) is 15.5. The Hall–Kier alpha value is -1.14. The summed E-state index contributed by atoms with van der Waals surface area (Å²) in [6.07, 6.45) is 0. The molecule has 0 saturated heterocycles. The molecule has 0 heterocycles. The molecule has 5 nitrogen and oxygen atoms in total. The second kappa shape index (κ2) is 10.6. The lowest BCUT2D eigenvalue weighted by Gasteiger charge is -2.31. The van der Waals surface area contributed by atoms with Crippen LogP contribution in [0.5, 0.6) is 5.75 Å². The van der Waals surface area contributed by atoms with E-state index in [1.807, 2.05) is 19.1 Å². The van der Waals surface area contributed by atoms with E-state index >= 15 is 0 Å². The minimum Gasteiger partial charge on any atom is -0.494 e. The largest absolute Gasteiger partial charge is 0.494 e. The molecule has 1 aromatic carbocycles. The first kappa shape index (κ1) is 17.9. The summed E-state index contributed by atoms with van der Waals surface area (Å²) in [4.78, 5) is 2.29. The van der Waals surface area contributed by atoms with Crippen molar-refractivity contribution in [2.45, 2.75) is 13.0 Å². The van der Waals surface area contributed by atoms with Crippen LogP contribution in [0.15, 0.2) is 24.3 Å². The van der Waals surface area contributed by atoms with E-state index in [1.54, 1.807) is 14.2 Å². The van der Waals surface area contributed by atoms with Crippen molar-refractivity contribution in [1.29, 1.82) is 0 Å². The van der Waals surface area contributed by atoms with E-state index in [-0.39, 0.29) is 6.04 Å². The summed E-state index contributed by atoms with van der Waals surface area (Å²) in [5.41, 5.74) is 7.17. The van der Waals surface area contributed by atoms with Crippen molar-refractivity contribution < 1.29 is 14.2 Å². The Morgan fingerprint density at radius 1 is 1.14 bits per heavy atom. The van der Waals surface area contributed by atoms with Gasteiger partial charge in [-0.2, -0.15) is 0 Å². The number of ether oxygens (including phenoxy) is 3. The first-order valence-electron chi connectivity index (χ1n) is 7.41. The molecule has 0 aliphatic heterocycles. The quantitative estimate of drug-likeness (QED) is 0.673. The summed E-state index contributed by atoms with van der Waals surface area (Å²) in [6.45, 7) is 6.17. The van der Waals surface area contributed by atoms with Crippen molar-refractivity contribution in [2.75, 3.05) is 53.7 Å². The Balaban J connectivity index is 2.86. The molecule has 0 fully saturated rings. The third-order valence-electron chi connectivity index (χ3n) is 3.38. The molecular formula is C16H28N2O3. The average Bonchev–Trinajstić information content (AvgIpc) is 2.51. The molecule has 0 aliphatic rings. The summed E-state index contributed by atoms with van der Waals surface area (Å²) in [5.74, 6) is 0.881. The van der Waals surface area contributed by atoms with Crippen molar-refractivity contribution >= 4 is 0 Å². The molecule has 1 unspecified atom stereocenters. The second-order valence-electron chi connectivity index (χ2n) is 4.78. The van der Waals surface area contributed by atoms with E-state index in [0.29, 0.717) is 26.4 Å². The number of hydrogen-bond acceptors (Lipinski definition) is 5. The highest BCUT2D eigenvalue weighted by atomic mass is 16.5. The van der Waals surface area contributed by atoms with Crippen LogP contribution in [0.3, 0.4) is 0 Å². The van der Waals surface area contributed by atoms with Gasteiger partial charge in [0, 0.05) is 39.9 Å². The third kappa shape index (κ3) is 6.01. The van der Waals surface area contributed by atoms with Crippen LogP contribution in [0.25, 0.3) is 0 Å². The van der Waals surface area contributed by atoms with Crippen LogP contribution in [-0.2, 0) is 9.47 Å². The number of benzene rings is 1. The molecule has 1 rings (SSSR count). The Morgan fingerprint density at radius 2 is 1.81 bits per heavy atom. The molecule has 120 valence electrons. The Kier molecular flexibility index (Phi) is 9.01. The fourth-order valence-corrected chi connectivity index (χ4v) is 2.31. The number of nitrogens with two attached hydrogens (primary N) is 1. The molecule has 1 aromatic rings. The highest BCUT2D eigenvalue weighted by Crippen LogP contribution is 2.23. The molecular weight excluding hydrogens is 268 g/mol. The predicted molar refractivity (Wildman–Crippen MR) is 84.7 cm³/mol. The summed E-state index contributed by atoms with van der Waals surface area (Å²) in [7, 11) is 3.42. The van der Waals surface area contributed by atoms with Gasteiger partial charge in [-0.25, -0.2) is 0 Å². The zero-order valence-electron chi connectivity index (χ0n) is 13.4. The van der Waals surface area contributed by atoms with Gasteiger partial charge in [0.05, 0.1) is 19.8 Å². The van der Waals surface area contributed by atoms with E-state index in [2.05, 4.69) is 17.0 Å². The summed E-state index contributed by atoms with van der Waals surface area (Å²) < 4.78 is 16.0. The van der Waals surface area contributed by atoms with Crippen molar-refractivity contribution in [2.24, 2.45) is 5.73 Å². The van der Waals surface area contributed by atoms with Crippen LogP contribution in [-0.4, -0.2) is 58.6 Å². The second-order valence-corrected chi connectivity index (χ2v) is 4.78. The van der Waals surface area contributed by atoms with Gasteiger partial charge in [-0.05, 0) is 24.6 Å². The molecule has 0 radical (unpaired) electrons. The van der Waals surface area contributed by atoms with Gasteiger partial charge >= 0.3 is 0 Å². The number of rotatable bonds is 11. The lowest BCUT2D eigenvalue weighted by molar-refractivity contribution is 0.0890. The van der Waals surface area contributed by atoms with E-state index < -0.39 is 0 Å². The van der Waals surface area contributed by atoms with E-state index in [9.17, 15) is 0 Å². The normalized spacial score (nSPS) is 12.6. The first-order chi connectivity index (χ1) is 10.3. The Labute approximate surface area is 128 Å². The monoisotopic (exact) mass is 296 g/mol. The highest BCUT2D eigenvalue weighted by Gasteiger charge is 2.19. The minimum absolute atomic E-state index is 0.135. The maximum absolute atomic E-state index is 6.01. The SMILES string of the molecule is CCOc1cccc(C(CN)N(CCOC)CCOC)c1. The van der Waals surface area contributed by atoms with Crippen LogP contribution in [0.4, 0.5) is 0 Å². The smallest absolute Gasteiger partial charge is 0.119 e. The fourth-order valence-electron chi connectivity index (χ4n) is 2.31. The fraction of sp³-hybridized carbons (Fsp3) is 0.625. The zero-order valence-corrected chi connectivity index (χ0v) is 13.4. The molecule has 0 bridgehead atoms. The summed E-state index contributed by atoms with van der Waals surface area (Å²) in [5, 5.41) is 0. The van der Waals surface area contributed by atoms with Crippen LogP contribution >= 0.6 is 0 Å². The average molecular weight is 296 g/mol. The van der Waals surface area contributed by atoms with Crippen LogP contribution in [0.2, 0.25) is 0 Å². The molecule has 0 saturated carbocycles. The van der Waals surface area contributed by atoms with E-state index in [1.165, 1.54) is 0 Å². The van der Waals surface area contributed by atoms with Gasteiger partial charge in [-0.15, -0.1) is 0 Å². The Morgan fingerprint density at radius 3 is 2.33 bits per heavy atom. The lowest BCUT2D eigenvalue weighted by atomic mass is 10.0. The van der Waals surface area contributed by atoms with Crippen LogP contribution < -0.4 is 10.5 Å². The Bertz CT molecular complexity index is 380. The van der Waals surface area contributed by atoms with Crippen molar-refractivity contribution in [3.63, 3.8) is 0 Å². The third-order valence-corrected chi connectivity index (χ3v) is 3.38. The number of methoxy groups -OCH3 is 2. The molecule has 0 aliphatic carbocycles. The maximum atomic E-state index is 6.01. The molecule has 0 aromatic heterocycles. The predicted octanol–water partition coefficient (Wildman–Crippen LogP) is 1.68. The van der Waals surface area contributed by atoms with Gasteiger partial charge in [-0.3, -0.25) is 4.90 Å². The van der Waals surface area contributed by atoms with Crippen molar-refractivity contribution in [3.8, 4) is 5.75 Å². The van der Waals surface area contributed by atoms with Crippen molar-refractivity contribution in [3.05, 3.63) is 29.8 Å². The molecule has 5 heteroatoms. The van der Waals surface area contributed by atoms with Crippen LogP contribution in [0.1, 0.15) is 18.5 Å². The number of nitrogens with zero attached hydrogens (tertiary/aromatic N) is 1. The van der Waals surface area contributed by atoms with Gasteiger partial charge in [0.1, 0.15) is 5.75 Å². The number of hydrogen-bond donors (Lipinski definition) is 1. The minimum atomic E-state index is 0.135. The summed E-state index contributed by atoms with van der Waals surface area (Å²) in [6, 6.07) is 8.26. The van der Waals surface area contributed by atoms with Gasteiger partial charge in [0.2, 0.25) is 0 Å². The lowest BCUT2D eigenvalue weighted by Crippen LogP contribution is -2.38. The summed E-state index contributed by atoms with van der Waals surface area (Å²) >= 11 is 0. The molecule has 2 N–H and O–H groups in total. The van der Waals surface area contributed by atoms with E-state index in [0.717, 1.165) is 24.4 Å². The van der Waals surface area contributed by atoms with Crippen molar-refractivity contribution in [1.82, 2.24) is 4.90 Å². The molecule has 0 amide bonds. The van der Waals surface area contributed by atoms with Gasteiger partial charge in [0.15, 0.2) is 0 Å². The first-order valence-corrected chi connectivity index (χ1v) is 7.41. The standard InChI is InChI=1S/C16H28N2O3/c1-4-21-15-7-5-6-14(12-15)16(13-17)18(8-10-19-2)9-11-20-3/h5-7,12,16H,4,8-11,13,17H2,1-3H3. The van der Waals surface area contributed by atoms with Gasteiger partial charge in [-0.1, -0.05) is 12.1 Å².